The predicted molar refractivity (Wildman–Crippen MR) is 162 cm³/mol. The average Bonchev–Trinajstić information content (AvgIpc) is 3.53. The van der Waals surface area contributed by atoms with E-state index in [4.69, 9.17) is 9.25 Å². The highest BCUT2D eigenvalue weighted by atomic mass is 32.2. The zero-order valence-corrected chi connectivity index (χ0v) is 25.6. The number of carbonyl (C=O) groups excluding carboxylic acids is 4. The summed E-state index contributed by atoms with van der Waals surface area (Å²) in [4.78, 5) is 54.4. The number of hydroxylamine groups is 2. The number of carbonyl (C=O) groups is 4. The molecule has 3 N–H and O–H groups in total. The molecule has 0 fully saturated rings. The topological polar surface area (TPSA) is 164 Å². The van der Waals surface area contributed by atoms with E-state index in [2.05, 4.69) is 17.6 Å². The second-order valence-electron chi connectivity index (χ2n) is 9.95. The smallest absolute Gasteiger partial charge is 0.288 e. The van der Waals surface area contributed by atoms with Gasteiger partial charge in [-0.2, -0.15) is 0 Å². The fourth-order valence-corrected chi connectivity index (χ4v) is 5.28. The predicted octanol–water partition coefficient (Wildman–Crippen LogP) is 3.75. The Kier molecular flexibility index (Phi) is 13.1. The van der Waals surface area contributed by atoms with Crippen molar-refractivity contribution in [2.75, 3.05) is 13.2 Å². The highest BCUT2D eigenvalue weighted by Crippen LogP contribution is 2.25. The van der Waals surface area contributed by atoms with Crippen LogP contribution < -0.4 is 15.4 Å². The molecule has 2 aromatic carbocycles. The van der Waals surface area contributed by atoms with Crippen LogP contribution in [-0.4, -0.2) is 50.8 Å². The lowest BCUT2D eigenvalue weighted by atomic mass is 10.0. The molecule has 3 aromatic rings. The summed E-state index contributed by atoms with van der Waals surface area (Å²) in [7, 11) is -4.06. The normalized spacial score (nSPS) is 11.8. The number of hydrogen-bond donors (Lipinski definition) is 3. The van der Waals surface area contributed by atoms with Gasteiger partial charge in [0.25, 0.3) is 15.9 Å². The maximum absolute atomic E-state index is 13.0. The molecule has 236 valence electrons. The number of hydrogen-bond acceptors (Lipinski definition) is 8. The molecule has 0 bridgehead atoms. The number of unbranched alkanes of at least 4 members (excludes halogenated alkanes) is 2. The van der Waals surface area contributed by atoms with E-state index >= 15 is 0 Å². The molecule has 4 amide bonds. The Bertz CT molecular complexity index is 1510. The fraction of sp³-hybridized carbons (Fsp3) is 0.355. The van der Waals surface area contributed by atoms with E-state index in [1.807, 2.05) is 35.1 Å². The van der Waals surface area contributed by atoms with Gasteiger partial charge in [0.05, 0.1) is 24.0 Å². The van der Waals surface area contributed by atoms with Gasteiger partial charge >= 0.3 is 0 Å². The van der Waals surface area contributed by atoms with Crippen LogP contribution in [0.15, 0.2) is 76.0 Å². The van der Waals surface area contributed by atoms with Crippen LogP contribution in [0.4, 0.5) is 0 Å². The molecule has 13 heteroatoms. The van der Waals surface area contributed by atoms with Gasteiger partial charge in [-0.05, 0) is 36.2 Å². The van der Waals surface area contributed by atoms with E-state index in [1.165, 1.54) is 30.3 Å². The van der Waals surface area contributed by atoms with Crippen molar-refractivity contribution in [3.8, 4) is 11.3 Å². The molecule has 44 heavy (non-hydrogen) atoms. The van der Waals surface area contributed by atoms with Crippen molar-refractivity contribution in [1.29, 1.82) is 0 Å². The maximum Gasteiger partial charge on any atom is 0.288 e. The Morgan fingerprint density at radius 1 is 0.977 bits per heavy atom. The number of nitrogens with zero attached hydrogens (tertiary/aromatic N) is 1. The summed E-state index contributed by atoms with van der Waals surface area (Å²) in [5.41, 5.74) is 1.27. The molecule has 1 atom stereocenters. The zero-order chi connectivity index (χ0) is 32.0. The minimum absolute atomic E-state index is 0.00982. The first-order valence-electron chi connectivity index (χ1n) is 14.4. The van der Waals surface area contributed by atoms with Crippen LogP contribution in [0.2, 0.25) is 0 Å². The number of amides is 4. The van der Waals surface area contributed by atoms with Gasteiger partial charge in [-0.25, -0.2) is 18.2 Å². The molecule has 1 unspecified atom stereocenters. The summed E-state index contributed by atoms with van der Waals surface area (Å²) in [6, 6.07) is 18.1. The zero-order valence-electron chi connectivity index (χ0n) is 24.8. The lowest BCUT2D eigenvalue weighted by Crippen LogP contribution is -2.43. The quantitative estimate of drug-likeness (QED) is 0.0832. The summed E-state index contributed by atoms with van der Waals surface area (Å²) < 4.78 is 32.6. The van der Waals surface area contributed by atoms with Crippen molar-refractivity contribution < 1.29 is 36.9 Å². The summed E-state index contributed by atoms with van der Waals surface area (Å²) in [6.07, 6.45) is 3.77. The summed E-state index contributed by atoms with van der Waals surface area (Å²) >= 11 is 0. The summed E-state index contributed by atoms with van der Waals surface area (Å²) in [6.45, 7) is 3.64. The van der Waals surface area contributed by atoms with Crippen molar-refractivity contribution in [3.05, 3.63) is 78.1 Å². The highest BCUT2D eigenvalue weighted by molar-refractivity contribution is 7.90. The van der Waals surface area contributed by atoms with E-state index in [0.717, 1.165) is 29.9 Å². The second kappa shape index (κ2) is 17.0. The lowest BCUT2D eigenvalue weighted by Gasteiger charge is -2.23. The molecule has 12 nitrogen and oxygen atoms in total. The average molecular weight is 627 g/mol. The molecular weight excluding hydrogens is 588 g/mol. The molecule has 1 heterocycles. The number of furan rings is 1. The first-order chi connectivity index (χ1) is 21.2. The van der Waals surface area contributed by atoms with Crippen molar-refractivity contribution in [3.63, 3.8) is 0 Å². The van der Waals surface area contributed by atoms with E-state index in [1.54, 1.807) is 13.0 Å². The van der Waals surface area contributed by atoms with Crippen LogP contribution in [0.5, 0.6) is 0 Å². The van der Waals surface area contributed by atoms with Crippen LogP contribution in [0.3, 0.4) is 0 Å². The van der Waals surface area contributed by atoms with Crippen LogP contribution in [0, 0.1) is 5.92 Å². The van der Waals surface area contributed by atoms with Gasteiger partial charge in [-0.15, -0.1) is 0 Å². The Hall–Kier alpha value is -4.49. The van der Waals surface area contributed by atoms with Crippen molar-refractivity contribution in [2.24, 2.45) is 5.92 Å². The third-order valence-corrected chi connectivity index (χ3v) is 8.00. The minimum Gasteiger partial charge on any atom is -0.451 e. The largest absolute Gasteiger partial charge is 0.451 e. The Balaban J connectivity index is 1.57. The lowest BCUT2D eigenvalue weighted by molar-refractivity contribution is -0.182. The first kappa shape index (κ1) is 34.0. The van der Waals surface area contributed by atoms with E-state index in [0.29, 0.717) is 18.4 Å². The van der Waals surface area contributed by atoms with E-state index in [9.17, 15) is 27.6 Å². The molecule has 0 aliphatic carbocycles. The van der Waals surface area contributed by atoms with Crippen LogP contribution in [-0.2, 0) is 35.9 Å². The number of benzene rings is 2. The molecule has 1 aromatic heterocycles. The van der Waals surface area contributed by atoms with Crippen LogP contribution in [0.1, 0.15) is 62.1 Å². The second-order valence-corrected chi connectivity index (χ2v) is 11.6. The molecule has 0 spiro atoms. The summed E-state index contributed by atoms with van der Waals surface area (Å²) in [5.74, 6) is -1.95. The minimum atomic E-state index is -4.06. The third kappa shape index (κ3) is 10.3. The molecule has 0 aliphatic heterocycles. The molecule has 0 saturated carbocycles. The standard InChI is InChI=1S/C31H38N4O8S/c1-3-5-7-13-25(19-35(22-36)42-20-23-11-8-6-9-12-23)30(38)32-21-33-31(39)28-17-16-27(43-28)24-14-10-15-26(18-24)44(40,41)34-29(37)4-2/h6,8-12,14-18,22,25H,3-5,7,13,19-21H2,1-2H3,(H,32,38)(H,33,39)(H,34,37). The third-order valence-electron chi connectivity index (χ3n) is 6.62. The van der Waals surface area contributed by atoms with Gasteiger partial charge in [0.15, 0.2) is 5.76 Å². The Morgan fingerprint density at radius 3 is 2.45 bits per heavy atom. The molecule has 3 rings (SSSR count). The Morgan fingerprint density at radius 2 is 1.75 bits per heavy atom. The van der Waals surface area contributed by atoms with Gasteiger partial charge in [0.2, 0.25) is 18.2 Å². The van der Waals surface area contributed by atoms with Crippen molar-refractivity contribution in [1.82, 2.24) is 20.4 Å². The van der Waals surface area contributed by atoms with Crippen LogP contribution in [0.25, 0.3) is 11.3 Å². The molecule has 0 saturated heterocycles. The SMILES string of the molecule is CCCCCC(CN(C=O)OCc1ccccc1)C(=O)NCNC(=O)c1ccc(-c2cccc(S(=O)(=O)NC(=O)CC)c2)o1. The molecular formula is C31H38N4O8S. The van der Waals surface area contributed by atoms with Gasteiger partial charge < -0.3 is 15.1 Å². The maximum atomic E-state index is 13.0. The Labute approximate surface area is 257 Å². The van der Waals surface area contributed by atoms with Gasteiger partial charge in [0.1, 0.15) is 12.4 Å². The molecule has 0 radical (unpaired) electrons. The van der Waals surface area contributed by atoms with Crippen molar-refractivity contribution >= 4 is 34.2 Å². The van der Waals surface area contributed by atoms with E-state index < -0.39 is 27.8 Å². The fourth-order valence-electron chi connectivity index (χ4n) is 4.18. The van der Waals surface area contributed by atoms with Crippen molar-refractivity contribution in [2.45, 2.75) is 57.5 Å². The number of rotatable bonds is 18. The molecule has 0 aliphatic rings. The highest BCUT2D eigenvalue weighted by Gasteiger charge is 2.23. The van der Waals surface area contributed by atoms with Gasteiger partial charge in [0, 0.05) is 12.0 Å². The van der Waals surface area contributed by atoms with Gasteiger partial charge in [-0.1, -0.05) is 75.6 Å². The van der Waals surface area contributed by atoms with Crippen LogP contribution >= 0.6 is 0 Å². The number of nitrogens with one attached hydrogen (secondary N) is 3. The number of sulfonamides is 1. The van der Waals surface area contributed by atoms with E-state index in [-0.39, 0.29) is 48.6 Å². The van der Waals surface area contributed by atoms with Gasteiger partial charge in [-0.3, -0.25) is 24.0 Å². The first-order valence-corrected chi connectivity index (χ1v) is 15.9. The monoisotopic (exact) mass is 626 g/mol. The summed E-state index contributed by atoms with van der Waals surface area (Å²) in [5, 5.41) is 6.37.